The van der Waals surface area contributed by atoms with Crippen molar-refractivity contribution in [2.45, 2.75) is 25.2 Å². The van der Waals surface area contributed by atoms with Gasteiger partial charge in [-0.05, 0) is 80.2 Å². The number of carbonyl (C=O) groups is 1. The molecule has 2 fully saturated rings. The lowest BCUT2D eigenvalue weighted by atomic mass is 9.89. The molecule has 10 nitrogen and oxygen atoms in total. The first-order valence-corrected chi connectivity index (χ1v) is 14.9. The van der Waals surface area contributed by atoms with Crippen LogP contribution in [0.1, 0.15) is 30.7 Å². The Morgan fingerprint density at radius 3 is 2.56 bits per heavy atom. The van der Waals surface area contributed by atoms with Crippen LogP contribution in [0.25, 0.3) is 16.8 Å². The van der Waals surface area contributed by atoms with Crippen molar-refractivity contribution >= 4 is 39.5 Å². The summed E-state index contributed by atoms with van der Waals surface area (Å²) in [5.74, 6) is 1.09. The van der Waals surface area contributed by atoms with Crippen molar-refractivity contribution in [3.8, 4) is 11.3 Å². The van der Waals surface area contributed by atoms with Crippen LogP contribution in [0.15, 0.2) is 66.9 Å². The Kier molecular flexibility index (Phi) is 6.90. The molecule has 1 amide bonds. The largest absolute Gasteiger partial charge is 0.369 e. The SMILES string of the molecule is NC(=O)CN1CCC(c2ccc(Nc3ncc4ccc(-c5cccc(N6CCCS6(O)O)c5)n4n3)cc2)CC1. The maximum Gasteiger partial charge on any atom is 0.245 e. The fraction of sp³-hybridized carbons (Fsp3) is 0.321. The molecule has 2 aliphatic heterocycles. The van der Waals surface area contributed by atoms with Gasteiger partial charge in [0.2, 0.25) is 11.9 Å². The number of amides is 1. The molecular weight excluding hydrogens is 514 g/mol. The summed E-state index contributed by atoms with van der Waals surface area (Å²) in [6.45, 7) is 2.72. The number of nitrogens with zero attached hydrogens (tertiary/aromatic N) is 5. The van der Waals surface area contributed by atoms with Gasteiger partial charge in [-0.25, -0.2) is 9.50 Å². The first-order chi connectivity index (χ1) is 18.9. The Hall–Kier alpha value is -3.64. The standard InChI is InChI=1S/C28H33N7O3S/c29-27(36)19-33-14-11-21(12-15-33)20-5-7-23(8-6-20)31-28-30-18-25-9-10-26(35(25)32-28)22-3-1-4-24(17-22)34-13-2-16-39(34,37)38/h1,3-10,17-18,21,37-38H,2,11-16,19H2,(H2,29,36)(H,31,32). The molecule has 0 radical (unpaired) electrons. The molecule has 2 saturated heterocycles. The molecule has 39 heavy (non-hydrogen) atoms. The van der Waals surface area contributed by atoms with Crippen LogP contribution in [0.3, 0.4) is 0 Å². The first-order valence-electron chi connectivity index (χ1n) is 13.2. The highest BCUT2D eigenvalue weighted by molar-refractivity contribution is 8.25. The average Bonchev–Trinajstić information content (AvgIpc) is 3.51. The number of carbonyl (C=O) groups excluding carboxylic acids is 1. The number of hydrogen-bond acceptors (Lipinski definition) is 8. The Morgan fingerprint density at radius 1 is 1.05 bits per heavy atom. The predicted molar refractivity (Wildman–Crippen MR) is 155 cm³/mol. The monoisotopic (exact) mass is 547 g/mol. The fourth-order valence-electron chi connectivity index (χ4n) is 5.57. The van der Waals surface area contributed by atoms with Gasteiger partial charge in [0.1, 0.15) is 0 Å². The predicted octanol–water partition coefficient (Wildman–Crippen LogP) is 4.68. The molecule has 0 saturated carbocycles. The third kappa shape index (κ3) is 5.44. The topological polar surface area (TPSA) is 132 Å². The van der Waals surface area contributed by atoms with Gasteiger partial charge in [0, 0.05) is 17.8 Å². The lowest BCUT2D eigenvalue weighted by molar-refractivity contribution is -0.119. The van der Waals surface area contributed by atoms with Gasteiger partial charge in [-0.3, -0.25) is 23.1 Å². The number of primary amides is 1. The highest BCUT2D eigenvalue weighted by Crippen LogP contribution is 2.51. The summed E-state index contributed by atoms with van der Waals surface area (Å²) >= 11 is 0. The van der Waals surface area contributed by atoms with Crippen molar-refractivity contribution in [2.75, 3.05) is 41.6 Å². The maximum atomic E-state index is 11.2. The van der Waals surface area contributed by atoms with Crippen molar-refractivity contribution in [1.82, 2.24) is 19.5 Å². The van der Waals surface area contributed by atoms with Crippen LogP contribution >= 0.6 is 10.8 Å². The zero-order valence-electron chi connectivity index (χ0n) is 21.6. The number of benzene rings is 2. The third-order valence-corrected chi connectivity index (χ3v) is 9.50. The van der Waals surface area contributed by atoms with Gasteiger partial charge in [0.25, 0.3) is 0 Å². The molecule has 0 aliphatic carbocycles. The third-order valence-electron chi connectivity index (χ3n) is 7.57. The molecule has 11 heteroatoms. The van der Waals surface area contributed by atoms with Crippen molar-refractivity contribution in [1.29, 1.82) is 0 Å². The molecule has 6 rings (SSSR count). The number of aromatic nitrogens is 3. The molecule has 2 aliphatic rings. The van der Waals surface area contributed by atoms with Gasteiger partial charge in [-0.1, -0.05) is 24.3 Å². The van der Waals surface area contributed by atoms with E-state index in [0.717, 1.165) is 60.5 Å². The summed E-state index contributed by atoms with van der Waals surface area (Å²) in [4.78, 5) is 17.8. The second kappa shape index (κ2) is 10.5. The Balaban J connectivity index is 1.17. The molecule has 2 aromatic heterocycles. The van der Waals surface area contributed by atoms with E-state index in [1.165, 1.54) is 5.56 Å². The summed E-state index contributed by atoms with van der Waals surface area (Å²) < 4.78 is 24.4. The van der Waals surface area contributed by atoms with Crippen LogP contribution in [-0.4, -0.2) is 66.4 Å². The Bertz CT molecular complexity index is 1480. The van der Waals surface area contributed by atoms with Crippen LogP contribution in [-0.2, 0) is 4.79 Å². The van der Waals surface area contributed by atoms with E-state index in [9.17, 15) is 13.9 Å². The molecule has 0 spiro atoms. The number of likely N-dealkylation sites (tertiary alicyclic amines) is 1. The van der Waals surface area contributed by atoms with E-state index in [1.54, 1.807) is 10.5 Å². The molecular formula is C28H33N7O3S. The van der Waals surface area contributed by atoms with Crippen LogP contribution in [0, 0.1) is 0 Å². The number of piperidine rings is 1. The molecule has 204 valence electrons. The molecule has 0 bridgehead atoms. The minimum atomic E-state index is -2.75. The summed E-state index contributed by atoms with van der Waals surface area (Å²) in [5, 5.41) is 8.07. The van der Waals surface area contributed by atoms with Crippen LogP contribution in [0.5, 0.6) is 0 Å². The average molecular weight is 548 g/mol. The van der Waals surface area contributed by atoms with Gasteiger partial charge in [-0.2, -0.15) is 0 Å². The number of nitrogens with one attached hydrogen (secondary N) is 1. The van der Waals surface area contributed by atoms with E-state index >= 15 is 0 Å². The number of rotatable bonds is 7. The van der Waals surface area contributed by atoms with E-state index in [4.69, 9.17) is 10.8 Å². The molecule has 4 aromatic rings. The van der Waals surface area contributed by atoms with Crippen LogP contribution in [0.2, 0.25) is 0 Å². The van der Waals surface area contributed by atoms with Gasteiger partial charge < -0.3 is 11.1 Å². The van der Waals surface area contributed by atoms with Crippen molar-refractivity contribution in [2.24, 2.45) is 5.73 Å². The molecule has 4 heterocycles. The van der Waals surface area contributed by atoms with E-state index < -0.39 is 10.8 Å². The molecule has 2 aromatic carbocycles. The molecule has 5 N–H and O–H groups in total. The summed E-state index contributed by atoms with van der Waals surface area (Å²) in [6.07, 6.45) is 4.57. The van der Waals surface area contributed by atoms with Gasteiger partial charge >= 0.3 is 0 Å². The highest BCUT2D eigenvalue weighted by atomic mass is 32.3. The number of nitrogens with two attached hydrogens (primary N) is 1. The van der Waals surface area contributed by atoms with Crippen molar-refractivity contribution < 1.29 is 13.9 Å². The Morgan fingerprint density at radius 2 is 1.85 bits per heavy atom. The van der Waals surface area contributed by atoms with E-state index in [-0.39, 0.29) is 5.91 Å². The summed E-state index contributed by atoms with van der Waals surface area (Å²) in [5.41, 5.74) is 11.0. The van der Waals surface area contributed by atoms with Gasteiger partial charge in [0.05, 0.1) is 35.4 Å². The van der Waals surface area contributed by atoms with Crippen LogP contribution < -0.4 is 15.4 Å². The lowest BCUT2D eigenvalue weighted by Crippen LogP contribution is -2.39. The minimum absolute atomic E-state index is 0.271. The van der Waals surface area contributed by atoms with Crippen molar-refractivity contribution in [3.63, 3.8) is 0 Å². The van der Waals surface area contributed by atoms with E-state index in [1.807, 2.05) is 53.0 Å². The smallest absolute Gasteiger partial charge is 0.245 e. The highest BCUT2D eigenvalue weighted by Gasteiger charge is 2.29. The van der Waals surface area contributed by atoms with E-state index in [0.29, 0.717) is 30.7 Å². The number of fused-ring (bicyclic) bond motifs is 1. The second-order valence-electron chi connectivity index (χ2n) is 10.2. The van der Waals surface area contributed by atoms with E-state index in [2.05, 4.69) is 27.3 Å². The summed E-state index contributed by atoms with van der Waals surface area (Å²) in [7, 11) is -2.75. The Labute approximate surface area is 228 Å². The lowest BCUT2D eigenvalue weighted by Gasteiger charge is -2.38. The molecule has 0 unspecified atom stereocenters. The quantitative estimate of drug-likeness (QED) is 0.262. The van der Waals surface area contributed by atoms with Crippen LogP contribution in [0.4, 0.5) is 17.3 Å². The van der Waals surface area contributed by atoms with Gasteiger partial charge in [-0.15, -0.1) is 15.9 Å². The fourth-order valence-corrected chi connectivity index (χ4v) is 7.18. The number of anilines is 3. The molecule has 0 atom stereocenters. The maximum absolute atomic E-state index is 11.2. The number of hydrogen-bond donors (Lipinski definition) is 4. The zero-order chi connectivity index (χ0) is 27.0. The minimum Gasteiger partial charge on any atom is -0.369 e. The van der Waals surface area contributed by atoms with Gasteiger partial charge in [0.15, 0.2) is 0 Å². The van der Waals surface area contributed by atoms with Crippen molar-refractivity contribution in [3.05, 3.63) is 72.4 Å². The first kappa shape index (κ1) is 25.6. The second-order valence-corrected chi connectivity index (χ2v) is 12.4. The zero-order valence-corrected chi connectivity index (χ0v) is 22.4. The normalized spacial score (nSPS) is 18.9. The summed E-state index contributed by atoms with van der Waals surface area (Å²) in [6, 6.07) is 20.2.